The molecule has 0 N–H and O–H groups in total. The summed E-state index contributed by atoms with van der Waals surface area (Å²) in [5.74, 6) is 0.780. The fourth-order valence-corrected chi connectivity index (χ4v) is 4.05. The van der Waals surface area contributed by atoms with Gasteiger partial charge in [-0.2, -0.15) is 0 Å². The van der Waals surface area contributed by atoms with Crippen LogP contribution in [0.1, 0.15) is 5.76 Å². The van der Waals surface area contributed by atoms with E-state index in [0.29, 0.717) is 11.0 Å². The molecule has 2 rings (SSSR count). The minimum absolute atomic E-state index is 0.151. The van der Waals surface area contributed by atoms with Crippen molar-refractivity contribution in [2.24, 2.45) is 0 Å². The zero-order valence-corrected chi connectivity index (χ0v) is 11.1. The van der Waals surface area contributed by atoms with Crippen LogP contribution in [0.5, 0.6) is 0 Å². The van der Waals surface area contributed by atoms with E-state index in [1.807, 2.05) is 31.2 Å². The Balaban J connectivity index is 2.92. The lowest BCUT2D eigenvalue weighted by atomic mass is 10.2. The molecule has 0 atom stereocenters. The second kappa shape index (κ2) is 3.59. The van der Waals surface area contributed by atoms with Crippen molar-refractivity contribution < 1.29 is 4.42 Å². The summed E-state index contributed by atoms with van der Waals surface area (Å²) < 4.78 is 5.73. The zero-order chi connectivity index (χ0) is 11.9. The van der Waals surface area contributed by atoms with Gasteiger partial charge in [-0.3, -0.25) is 4.79 Å². The molecule has 0 bridgehead atoms. The molecule has 1 aromatic carbocycles. The molecule has 0 aliphatic rings. The molecule has 0 radical (unpaired) electrons. The summed E-state index contributed by atoms with van der Waals surface area (Å²) in [7, 11) is -1.65. The van der Waals surface area contributed by atoms with Gasteiger partial charge < -0.3 is 4.42 Å². The van der Waals surface area contributed by atoms with Crippen molar-refractivity contribution in [1.82, 2.24) is 0 Å². The molecule has 0 spiro atoms. The molecule has 16 heavy (non-hydrogen) atoms. The van der Waals surface area contributed by atoms with E-state index in [4.69, 9.17) is 4.42 Å². The van der Waals surface area contributed by atoms with Crippen molar-refractivity contribution in [2.45, 2.75) is 26.6 Å². The normalized spacial score (nSPS) is 12.0. The summed E-state index contributed by atoms with van der Waals surface area (Å²) in [4.78, 5) is 12.4. The quantitative estimate of drug-likeness (QED) is 0.708. The third-order valence-corrected chi connectivity index (χ3v) is 4.80. The Hall–Kier alpha value is -1.35. The van der Waals surface area contributed by atoms with Crippen LogP contribution in [0.2, 0.25) is 19.6 Å². The molecule has 1 aromatic heterocycles. The number of hydrogen-bond acceptors (Lipinski definition) is 2. The lowest BCUT2D eigenvalue weighted by Gasteiger charge is -2.17. The number of aryl methyl sites for hydroxylation is 1. The van der Waals surface area contributed by atoms with Gasteiger partial charge in [0.2, 0.25) is 0 Å². The molecule has 0 aliphatic carbocycles. The Labute approximate surface area is 95.9 Å². The molecule has 84 valence electrons. The highest BCUT2D eigenvalue weighted by atomic mass is 28.3. The van der Waals surface area contributed by atoms with Gasteiger partial charge >= 0.3 is 0 Å². The monoisotopic (exact) mass is 232 g/mol. The highest BCUT2D eigenvalue weighted by molar-refractivity contribution is 6.89. The highest BCUT2D eigenvalue weighted by Crippen LogP contribution is 2.12. The van der Waals surface area contributed by atoms with E-state index >= 15 is 0 Å². The van der Waals surface area contributed by atoms with Gasteiger partial charge in [-0.05, 0) is 19.1 Å². The lowest BCUT2D eigenvalue weighted by molar-refractivity contribution is 0.570. The van der Waals surface area contributed by atoms with Gasteiger partial charge in [0.1, 0.15) is 11.3 Å². The van der Waals surface area contributed by atoms with E-state index in [9.17, 15) is 4.79 Å². The Morgan fingerprint density at radius 3 is 2.38 bits per heavy atom. The third kappa shape index (κ3) is 1.71. The molecule has 0 fully saturated rings. The molecule has 3 heteroatoms. The fraction of sp³-hybridized carbons (Fsp3) is 0.308. The smallest absolute Gasteiger partial charge is 0.192 e. The van der Waals surface area contributed by atoms with Crippen molar-refractivity contribution in [3.63, 3.8) is 0 Å². The van der Waals surface area contributed by atoms with E-state index in [0.717, 1.165) is 10.9 Å². The zero-order valence-electron chi connectivity index (χ0n) is 10.1. The van der Waals surface area contributed by atoms with Gasteiger partial charge in [0.05, 0.1) is 13.5 Å². The second-order valence-electron chi connectivity index (χ2n) is 5.11. The minimum Gasteiger partial charge on any atom is -0.461 e. The van der Waals surface area contributed by atoms with Crippen LogP contribution in [0.15, 0.2) is 33.5 Å². The first-order chi connectivity index (χ1) is 7.41. The first-order valence-corrected chi connectivity index (χ1v) is 8.94. The molecule has 0 aliphatic heterocycles. The van der Waals surface area contributed by atoms with Crippen molar-refractivity contribution >= 4 is 24.2 Å². The van der Waals surface area contributed by atoms with Crippen LogP contribution in [0, 0.1) is 6.92 Å². The number of hydrogen-bond donors (Lipinski definition) is 0. The van der Waals surface area contributed by atoms with Gasteiger partial charge in [-0.1, -0.05) is 31.8 Å². The number of rotatable bonds is 1. The lowest BCUT2D eigenvalue weighted by Crippen LogP contribution is -2.48. The molecule has 2 nitrogen and oxygen atoms in total. The van der Waals surface area contributed by atoms with Crippen molar-refractivity contribution in [3.8, 4) is 0 Å². The van der Waals surface area contributed by atoms with Crippen LogP contribution >= 0.6 is 0 Å². The van der Waals surface area contributed by atoms with Gasteiger partial charge in [0, 0.05) is 5.19 Å². The van der Waals surface area contributed by atoms with E-state index in [1.165, 1.54) is 0 Å². The average Bonchev–Trinajstić information content (AvgIpc) is 2.15. The summed E-state index contributed by atoms with van der Waals surface area (Å²) in [5.41, 5.74) is 0.838. The predicted molar refractivity (Wildman–Crippen MR) is 70.2 cm³/mol. The Morgan fingerprint density at radius 1 is 1.12 bits per heavy atom. The molecular weight excluding hydrogens is 216 g/mol. The molecule has 0 amide bonds. The fourth-order valence-electron chi connectivity index (χ4n) is 2.12. The van der Waals surface area contributed by atoms with Gasteiger partial charge in [0.25, 0.3) is 0 Å². The van der Waals surface area contributed by atoms with Crippen LogP contribution in [0.4, 0.5) is 0 Å². The highest BCUT2D eigenvalue weighted by Gasteiger charge is 2.25. The van der Waals surface area contributed by atoms with Gasteiger partial charge in [-0.25, -0.2) is 0 Å². The van der Waals surface area contributed by atoms with E-state index in [2.05, 4.69) is 19.6 Å². The van der Waals surface area contributed by atoms with Crippen LogP contribution in [-0.4, -0.2) is 8.07 Å². The predicted octanol–water partition coefficient (Wildman–Crippen LogP) is 2.65. The van der Waals surface area contributed by atoms with Crippen molar-refractivity contribution in [3.05, 3.63) is 40.2 Å². The molecule has 0 saturated heterocycles. The third-order valence-electron chi connectivity index (χ3n) is 2.72. The van der Waals surface area contributed by atoms with Gasteiger partial charge in [-0.15, -0.1) is 0 Å². The van der Waals surface area contributed by atoms with Crippen molar-refractivity contribution in [1.29, 1.82) is 0 Å². The summed E-state index contributed by atoms with van der Waals surface area (Å²) in [5, 5.41) is 1.61. The SMILES string of the molecule is Cc1oc2ccccc2c(=O)c1[Si](C)(C)C. The Kier molecular flexibility index (Phi) is 2.50. The molecule has 0 unspecified atom stereocenters. The molecule has 2 aromatic rings. The maximum absolute atomic E-state index is 12.4. The van der Waals surface area contributed by atoms with E-state index < -0.39 is 8.07 Å². The second-order valence-corrected chi connectivity index (χ2v) is 10.1. The maximum Gasteiger partial charge on any atom is 0.192 e. The Bertz CT molecular complexity index is 591. The minimum atomic E-state index is -1.65. The molecular formula is C13H16O2Si. The maximum atomic E-state index is 12.4. The molecule has 0 saturated carbocycles. The first kappa shape index (κ1) is 11.1. The topological polar surface area (TPSA) is 30.2 Å². The largest absolute Gasteiger partial charge is 0.461 e. The van der Waals surface area contributed by atoms with Crippen LogP contribution in [0.3, 0.4) is 0 Å². The summed E-state index contributed by atoms with van der Waals surface area (Å²) >= 11 is 0. The van der Waals surface area contributed by atoms with Crippen LogP contribution in [-0.2, 0) is 0 Å². The average molecular weight is 232 g/mol. The van der Waals surface area contributed by atoms with Gasteiger partial charge in [0.15, 0.2) is 5.43 Å². The van der Waals surface area contributed by atoms with Crippen LogP contribution in [0.25, 0.3) is 11.0 Å². The van der Waals surface area contributed by atoms with E-state index in [-0.39, 0.29) is 5.43 Å². The Morgan fingerprint density at radius 2 is 1.75 bits per heavy atom. The summed E-state index contributed by atoms with van der Waals surface area (Å²) in [6.45, 7) is 8.39. The van der Waals surface area contributed by atoms with Crippen LogP contribution < -0.4 is 10.6 Å². The summed E-state index contributed by atoms with van der Waals surface area (Å²) in [6, 6.07) is 7.45. The number of benzene rings is 1. The summed E-state index contributed by atoms with van der Waals surface area (Å²) in [6.07, 6.45) is 0. The first-order valence-electron chi connectivity index (χ1n) is 5.44. The van der Waals surface area contributed by atoms with E-state index in [1.54, 1.807) is 0 Å². The van der Waals surface area contributed by atoms with Crippen molar-refractivity contribution in [2.75, 3.05) is 0 Å². The number of para-hydroxylation sites is 1. The standard InChI is InChI=1S/C13H16O2Si/c1-9-13(16(2,3)4)12(14)10-7-5-6-8-11(10)15-9/h5-8H,1-4H3. The molecule has 1 heterocycles. The number of fused-ring (bicyclic) bond motifs is 1.